The Balaban J connectivity index is 1.67. The first kappa shape index (κ1) is 18.4. The van der Waals surface area contributed by atoms with Crippen LogP contribution in [0.5, 0.6) is 0 Å². The van der Waals surface area contributed by atoms with E-state index < -0.39 is 11.7 Å². The number of aryl methyl sites for hydroxylation is 2. The second-order valence-corrected chi connectivity index (χ2v) is 8.49. The minimum Gasteiger partial charge on any atom is -0.444 e. The van der Waals surface area contributed by atoms with Crippen LogP contribution in [-0.4, -0.2) is 51.8 Å². The van der Waals surface area contributed by atoms with Gasteiger partial charge in [0.15, 0.2) is 0 Å². The van der Waals surface area contributed by atoms with Crippen LogP contribution in [0.3, 0.4) is 0 Å². The molecular formula is C17H23N5O3S. The monoisotopic (exact) mass is 377 g/mol. The fourth-order valence-electron chi connectivity index (χ4n) is 2.75. The van der Waals surface area contributed by atoms with Crippen LogP contribution < -0.4 is 11.1 Å². The molecule has 8 nitrogen and oxygen atoms in total. The Bertz CT molecular complexity index is 881. The van der Waals surface area contributed by atoms with Gasteiger partial charge in [0, 0.05) is 18.5 Å². The Morgan fingerprint density at radius 1 is 1.27 bits per heavy atom. The molecule has 26 heavy (non-hydrogen) atoms. The molecule has 9 heteroatoms. The summed E-state index contributed by atoms with van der Waals surface area (Å²) in [7, 11) is 0. The molecule has 0 bridgehead atoms. The number of carbonyl (C=O) groups excluding carboxylic acids is 2. The fraction of sp³-hybridized carbons (Fsp3) is 0.529. The van der Waals surface area contributed by atoms with Crippen LogP contribution in [0, 0.1) is 13.8 Å². The van der Waals surface area contributed by atoms with Crippen molar-refractivity contribution in [3.05, 3.63) is 16.1 Å². The van der Waals surface area contributed by atoms with Crippen molar-refractivity contribution >= 4 is 39.2 Å². The number of nitrogens with two attached hydrogens (primary N) is 1. The summed E-state index contributed by atoms with van der Waals surface area (Å²) >= 11 is 1.25. The summed E-state index contributed by atoms with van der Waals surface area (Å²) in [6.45, 7) is 10.1. The standard InChI is InChI=1S/C17H23N5O3S/c1-8-9(2)20-21-14-11(8)12(18)13(26-14)15(23)22-6-10(7-22)19-16(24)25-17(3,4)5/h10H,6-7,18H2,1-5H3,(H,19,24). The quantitative estimate of drug-likeness (QED) is 0.830. The van der Waals surface area contributed by atoms with E-state index in [4.69, 9.17) is 10.5 Å². The summed E-state index contributed by atoms with van der Waals surface area (Å²) in [4.78, 5) is 27.3. The number of thiophene rings is 1. The number of hydrogen-bond donors (Lipinski definition) is 2. The Kier molecular flexibility index (Phi) is 4.51. The molecule has 0 aromatic carbocycles. The van der Waals surface area contributed by atoms with E-state index in [0.717, 1.165) is 16.6 Å². The molecule has 140 valence electrons. The number of ether oxygens (including phenoxy) is 1. The number of nitrogens with one attached hydrogen (secondary N) is 1. The number of rotatable bonds is 2. The molecule has 0 atom stereocenters. The highest BCUT2D eigenvalue weighted by Gasteiger charge is 2.35. The van der Waals surface area contributed by atoms with Crippen LogP contribution in [0.25, 0.3) is 10.2 Å². The van der Waals surface area contributed by atoms with Crippen LogP contribution in [0.1, 0.15) is 41.7 Å². The van der Waals surface area contributed by atoms with E-state index in [1.807, 2.05) is 13.8 Å². The molecule has 1 aliphatic heterocycles. The van der Waals surface area contributed by atoms with Gasteiger partial charge in [-0.1, -0.05) is 0 Å². The number of fused-ring (bicyclic) bond motifs is 1. The summed E-state index contributed by atoms with van der Waals surface area (Å²) < 4.78 is 5.22. The number of nitrogen functional groups attached to an aromatic ring is 1. The summed E-state index contributed by atoms with van der Waals surface area (Å²) in [5.41, 5.74) is 7.86. The van der Waals surface area contributed by atoms with Gasteiger partial charge in [0.05, 0.1) is 17.4 Å². The highest BCUT2D eigenvalue weighted by molar-refractivity contribution is 7.21. The molecule has 0 saturated carbocycles. The van der Waals surface area contributed by atoms with Gasteiger partial charge in [-0.3, -0.25) is 4.79 Å². The predicted molar refractivity (Wildman–Crippen MR) is 100 cm³/mol. The summed E-state index contributed by atoms with van der Waals surface area (Å²) in [5.74, 6) is -0.148. The smallest absolute Gasteiger partial charge is 0.407 e. The van der Waals surface area contributed by atoms with Gasteiger partial charge in [-0.05, 0) is 40.2 Å². The van der Waals surface area contributed by atoms with E-state index in [9.17, 15) is 9.59 Å². The topological polar surface area (TPSA) is 110 Å². The third-order valence-electron chi connectivity index (χ3n) is 4.22. The van der Waals surface area contributed by atoms with Crippen molar-refractivity contribution in [3.8, 4) is 0 Å². The van der Waals surface area contributed by atoms with Gasteiger partial charge in [-0.25, -0.2) is 4.79 Å². The molecule has 3 rings (SSSR count). The molecule has 1 aliphatic rings. The van der Waals surface area contributed by atoms with Crippen molar-refractivity contribution in [1.29, 1.82) is 0 Å². The van der Waals surface area contributed by atoms with E-state index in [-0.39, 0.29) is 11.9 Å². The van der Waals surface area contributed by atoms with Crippen LogP contribution in [-0.2, 0) is 4.74 Å². The third kappa shape index (κ3) is 3.44. The maximum atomic E-state index is 12.7. The van der Waals surface area contributed by atoms with Crippen molar-refractivity contribution in [3.63, 3.8) is 0 Å². The van der Waals surface area contributed by atoms with Gasteiger partial charge in [-0.2, -0.15) is 5.10 Å². The SMILES string of the molecule is Cc1nnc2sc(C(=O)N3CC(NC(=O)OC(C)(C)C)C3)c(N)c2c1C. The lowest BCUT2D eigenvalue weighted by Crippen LogP contribution is -2.61. The van der Waals surface area contributed by atoms with E-state index in [1.54, 1.807) is 25.7 Å². The Labute approximate surface area is 155 Å². The Morgan fingerprint density at radius 2 is 1.92 bits per heavy atom. The molecule has 2 aromatic heterocycles. The predicted octanol–water partition coefficient (Wildman–Crippen LogP) is 2.24. The highest BCUT2D eigenvalue weighted by atomic mass is 32.1. The third-order valence-corrected chi connectivity index (χ3v) is 5.30. The lowest BCUT2D eigenvalue weighted by Gasteiger charge is -2.39. The Morgan fingerprint density at radius 3 is 2.54 bits per heavy atom. The van der Waals surface area contributed by atoms with E-state index >= 15 is 0 Å². The molecule has 0 aliphatic carbocycles. The first-order valence-corrected chi connectivity index (χ1v) is 9.19. The minimum absolute atomic E-state index is 0.117. The van der Waals surface area contributed by atoms with Gasteiger partial charge in [-0.15, -0.1) is 16.4 Å². The zero-order valence-corrected chi connectivity index (χ0v) is 16.4. The number of nitrogens with zero attached hydrogens (tertiary/aromatic N) is 3. The largest absolute Gasteiger partial charge is 0.444 e. The zero-order valence-electron chi connectivity index (χ0n) is 15.5. The van der Waals surface area contributed by atoms with Crippen molar-refractivity contribution in [2.24, 2.45) is 0 Å². The maximum Gasteiger partial charge on any atom is 0.407 e. The first-order chi connectivity index (χ1) is 12.1. The van der Waals surface area contributed by atoms with Crippen LogP contribution >= 0.6 is 11.3 Å². The summed E-state index contributed by atoms with van der Waals surface area (Å²) in [6, 6.07) is -0.117. The number of amides is 2. The Hall–Kier alpha value is -2.42. The van der Waals surface area contributed by atoms with E-state index in [1.165, 1.54) is 11.3 Å². The summed E-state index contributed by atoms with van der Waals surface area (Å²) in [6.07, 6.45) is -0.475. The van der Waals surface area contributed by atoms with Gasteiger partial charge in [0.25, 0.3) is 5.91 Å². The van der Waals surface area contributed by atoms with Crippen molar-refractivity contribution < 1.29 is 14.3 Å². The lowest BCUT2D eigenvalue weighted by atomic mass is 10.1. The molecule has 0 unspecified atom stereocenters. The number of likely N-dealkylation sites (tertiary alicyclic amines) is 1. The van der Waals surface area contributed by atoms with Crippen molar-refractivity contribution in [1.82, 2.24) is 20.4 Å². The summed E-state index contributed by atoms with van der Waals surface area (Å²) in [5, 5.41) is 11.8. The van der Waals surface area contributed by atoms with E-state index in [0.29, 0.717) is 28.5 Å². The fourth-order valence-corrected chi connectivity index (χ4v) is 3.82. The normalized spacial score (nSPS) is 15.0. The molecular weight excluding hydrogens is 354 g/mol. The number of carbonyl (C=O) groups is 2. The molecule has 0 spiro atoms. The number of anilines is 1. The maximum absolute atomic E-state index is 12.7. The van der Waals surface area contributed by atoms with Crippen molar-refractivity contribution in [2.75, 3.05) is 18.8 Å². The average molecular weight is 377 g/mol. The van der Waals surface area contributed by atoms with Gasteiger partial charge in [0.2, 0.25) is 0 Å². The molecule has 1 saturated heterocycles. The van der Waals surface area contributed by atoms with Gasteiger partial charge < -0.3 is 20.7 Å². The number of hydrogen-bond acceptors (Lipinski definition) is 7. The van der Waals surface area contributed by atoms with Crippen molar-refractivity contribution in [2.45, 2.75) is 46.3 Å². The first-order valence-electron chi connectivity index (χ1n) is 8.37. The van der Waals surface area contributed by atoms with E-state index in [2.05, 4.69) is 15.5 Å². The van der Waals surface area contributed by atoms with Crippen LogP contribution in [0.2, 0.25) is 0 Å². The zero-order chi connectivity index (χ0) is 19.2. The number of alkyl carbamates (subject to hydrolysis) is 1. The number of aromatic nitrogens is 2. The molecule has 3 N–H and O–H groups in total. The second kappa shape index (κ2) is 6.39. The van der Waals surface area contributed by atoms with Crippen LogP contribution in [0.15, 0.2) is 0 Å². The molecule has 0 radical (unpaired) electrons. The lowest BCUT2D eigenvalue weighted by molar-refractivity contribution is 0.0361. The molecule has 1 fully saturated rings. The molecule has 3 heterocycles. The molecule has 2 amide bonds. The highest BCUT2D eigenvalue weighted by Crippen LogP contribution is 2.36. The van der Waals surface area contributed by atoms with Crippen LogP contribution in [0.4, 0.5) is 10.5 Å². The second-order valence-electron chi connectivity index (χ2n) is 7.49. The van der Waals surface area contributed by atoms with Gasteiger partial charge in [0.1, 0.15) is 15.3 Å². The molecule has 2 aromatic rings. The average Bonchev–Trinajstić information content (AvgIpc) is 2.81. The van der Waals surface area contributed by atoms with Gasteiger partial charge >= 0.3 is 6.09 Å². The minimum atomic E-state index is -0.550.